The molecule has 0 radical (unpaired) electrons. The molecular weight excluding hydrogens is 330 g/mol. The molecule has 0 aromatic rings. The Hall–Kier alpha value is 0.920. The van der Waals surface area contributed by atoms with Crippen molar-refractivity contribution in [2.45, 2.75) is 51.4 Å². The van der Waals surface area contributed by atoms with Crippen molar-refractivity contribution in [1.82, 2.24) is 0 Å². The Labute approximate surface area is 121 Å². The summed E-state index contributed by atoms with van der Waals surface area (Å²) in [6.07, 6.45) is 11.3. The normalized spacial score (nSPS) is 11.2. The third-order valence-corrected chi connectivity index (χ3v) is 3.27. The maximum atomic E-state index is 3.47. The van der Waals surface area contributed by atoms with Gasteiger partial charge < -0.3 is 21.5 Å². The SMILES string of the molecule is C[N+](C)(C)CCCCCCCCCCBr.[Br-]. The van der Waals surface area contributed by atoms with Gasteiger partial charge in [-0.1, -0.05) is 48.0 Å². The van der Waals surface area contributed by atoms with Crippen LogP contribution in [-0.4, -0.2) is 37.5 Å². The van der Waals surface area contributed by atoms with Crippen molar-refractivity contribution in [2.75, 3.05) is 33.0 Å². The number of hydrogen-bond donors (Lipinski definition) is 0. The Balaban J connectivity index is 0. The molecule has 0 heterocycles. The van der Waals surface area contributed by atoms with Crippen LogP contribution in [0, 0.1) is 0 Å². The van der Waals surface area contributed by atoms with Crippen LogP contribution in [0.25, 0.3) is 0 Å². The van der Waals surface area contributed by atoms with Crippen molar-refractivity contribution in [3.63, 3.8) is 0 Å². The Morgan fingerprint density at radius 3 is 1.44 bits per heavy atom. The number of halogens is 2. The van der Waals surface area contributed by atoms with Gasteiger partial charge in [-0.05, 0) is 19.3 Å². The van der Waals surface area contributed by atoms with Gasteiger partial charge in [0.15, 0.2) is 0 Å². The summed E-state index contributed by atoms with van der Waals surface area (Å²) in [6, 6.07) is 0. The molecule has 3 heteroatoms. The van der Waals surface area contributed by atoms with E-state index in [4.69, 9.17) is 0 Å². The van der Waals surface area contributed by atoms with Crippen molar-refractivity contribution in [1.29, 1.82) is 0 Å². The summed E-state index contributed by atoms with van der Waals surface area (Å²) >= 11 is 3.47. The van der Waals surface area contributed by atoms with E-state index in [1.165, 1.54) is 63.2 Å². The van der Waals surface area contributed by atoms with E-state index in [0.717, 1.165) is 4.48 Å². The summed E-state index contributed by atoms with van der Waals surface area (Å²) in [6.45, 7) is 1.32. The minimum absolute atomic E-state index is 0. The van der Waals surface area contributed by atoms with Crippen LogP contribution in [0.15, 0.2) is 0 Å². The number of unbranched alkanes of at least 4 members (excludes halogenated alkanes) is 7. The Morgan fingerprint density at radius 2 is 1.06 bits per heavy atom. The van der Waals surface area contributed by atoms with Crippen LogP contribution >= 0.6 is 15.9 Å². The van der Waals surface area contributed by atoms with Crippen LogP contribution < -0.4 is 17.0 Å². The van der Waals surface area contributed by atoms with Gasteiger partial charge in [0.05, 0.1) is 27.7 Å². The lowest BCUT2D eigenvalue weighted by Gasteiger charge is -2.23. The topological polar surface area (TPSA) is 0 Å². The second kappa shape index (κ2) is 12.4. The molecule has 0 unspecified atom stereocenters. The van der Waals surface area contributed by atoms with Crippen molar-refractivity contribution in [3.05, 3.63) is 0 Å². The average Bonchev–Trinajstić information content (AvgIpc) is 2.14. The number of rotatable bonds is 10. The molecule has 0 atom stereocenters. The fourth-order valence-corrected chi connectivity index (χ4v) is 2.14. The van der Waals surface area contributed by atoms with Crippen LogP contribution in [0.5, 0.6) is 0 Å². The van der Waals surface area contributed by atoms with E-state index in [1.807, 2.05) is 0 Å². The molecule has 0 spiro atoms. The van der Waals surface area contributed by atoms with Gasteiger partial charge >= 0.3 is 0 Å². The molecule has 0 amide bonds. The Bertz CT molecular complexity index is 132. The van der Waals surface area contributed by atoms with Gasteiger partial charge in [0.25, 0.3) is 0 Å². The Kier molecular flexibility index (Phi) is 14.9. The largest absolute Gasteiger partial charge is 1.00 e. The molecule has 0 fully saturated rings. The lowest BCUT2D eigenvalue weighted by atomic mass is 10.1. The molecular formula is C13H29Br2N. The van der Waals surface area contributed by atoms with Crippen LogP contribution in [0.3, 0.4) is 0 Å². The zero-order valence-electron chi connectivity index (χ0n) is 11.3. The quantitative estimate of drug-likeness (QED) is 0.313. The highest BCUT2D eigenvalue weighted by Crippen LogP contribution is 2.09. The molecule has 100 valence electrons. The first-order valence-electron chi connectivity index (χ1n) is 6.43. The third kappa shape index (κ3) is 17.3. The lowest BCUT2D eigenvalue weighted by Crippen LogP contribution is -3.00. The van der Waals surface area contributed by atoms with Gasteiger partial charge in [-0.15, -0.1) is 0 Å². The number of nitrogens with zero attached hydrogens (tertiary/aromatic N) is 1. The Morgan fingerprint density at radius 1 is 0.688 bits per heavy atom. The summed E-state index contributed by atoms with van der Waals surface area (Å²) in [4.78, 5) is 0. The van der Waals surface area contributed by atoms with Gasteiger partial charge in [-0.3, -0.25) is 0 Å². The second-order valence-electron chi connectivity index (χ2n) is 5.53. The fraction of sp³-hybridized carbons (Fsp3) is 1.00. The van der Waals surface area contributed by atoms with Crippen molar-refractivity contribution in [2.24, 2.45) is 0 Å². The molecule has 16 heavy (non-hydrogen) atoms. The molecule has 0 aliphatic heterocycles. The van der Waals surface area contributed by atoms with Crippen molar-refractivity contribution < 1.29 is 21.5 Å². The highest BCUT2D eigenvalue weighted by atomic mass is 79.9. The lowest BCUT2D eigenvalue weighted by molar-refractivity contribution is -0.870. The first-order chi connectivity index (χ1) is 7.06. The molecule has 0 bridgehead atoms. The zero-order chi connectivity index (χ0) is 11.6. The van der Waals surface area contributed by atoms with Gasteiger partial charge in [0, 0.05) is 5.33 Å². The highest BCUT2D eigenvalue weighted by molar-refractivity contribution is 9.09. The van der Waals surface area contributed by atoms with Gasteiger partial charge in [0.2, 0.25) is 0 Å². The fourth-order valence-electron chi connectivity index (χ4n) is 1.74. The third-order valence-electron chi connectivity index (χ3n) is 2.71. The molecule has 1 nitrogen and oxygen atoms in total. The first kappa shape index (κ1) is 19.3. The minimum Gasteiger partial charge on any atom is -1.00 e. The highest BCUT2D eigenvalue weighted by Gasteiger charge is 2.04. The number of quaternary nitrogens is 1. The first-order valence-corrected chi connectivity index (χ1v) is 7.55. The summed E-state index contributed by atoms with van der Waals surface area (Å²) in [5.74, 6) is 0. The average molecular weight is 359 g/mol. The zero-order valence-corrected chi connectivity index (χ0v) is 14.4. The standard InChI is InChI=1S/C13H29BrN.BrH/c1-15(2,3)13-11-9-7-5-4-6-8-10-12-14;/h4-13H2,1-3H3;1H/q+1;/p-1. The summed E-state index contributed by atoms with van der Waals surface area (Å²) in [5.41, 5.74) is 0. The van der Waals surface area contributed by atoms with E-state index in [2.05, 4.69) is 37.1 Å². The van der Waals surface area contributed by atoms with E-state index in [-0.39, 0.29) is 17.0 Å². The predicted molar refractivity (Wildman–Crippen MR) is 73.6 cm³/mol. The van der Waals surface area contributed by atoms with E-state index in [0.29, 0.717) is 0 Å². The van der Waals surface area contributed by atoms with E-state index >= 15 is 0 Å². The van der Waals surface area contributed by atoms with Gasteiger partial charge in [-0.2, -0.15) is 0 Å². The molecule has 0 aliphatic rings. The van der Waals surface area contributed by atoms with E-state index in [9.17, 15) is 0 Å². The van der Waals surface area contributed by atoms with Crippen molar-refractivity contribution in [3.8, 4) is 0 Å². The molecule has 0 aromatic heterocycles. The van der Waals surface area contributed by atoms with Crippen LogP contribution in [0.4, 0.5) is 0 Å². The van der Waals surface area contributed by atoms with Gasteiger partial charge in [-0.25, -0.2) is 0 Å². The molecule has 0 aromatic carbocycles. The minimum atomic E-state index is 0. The van der Waals surface area contributed by atoms with Crippen molar-refractivity contribution >= 4 is 15.9 Å². The summed E-state index contributed by atoms with van der Waals surface area (Å²) < 4.78 is 1.12. The number of alkyl halides is 1. The van der Waals surface area contributed by atoms with Gasteiger partial charge in [0.1, 0.15) is 0 Å². The summed E-state index contributed by atoms with van der Waals surface area (Å²) in [5, 5.41) is 1.18. The smallest absolute Gasteiger partial charge is 0.0780 e. The maximum Gasteiger partial charge on any atom is 0.0780 e. The molecule has 0 N–H and O–H groups in total. The summed E-state index contributed by atoms with van der Waals surface area (Å²) in [7, 11) is 6.83. The monoisotopic (exact) mass is 357 g/mol. The molecule has 0 saturated carbocycles. The molecule has 0 rings (SSSR count). The maximum absolute atomic E-state index is 3.47. The number of hydrogen-bond acceptors (Lipinski definition) is 0. The second-order valence-corrected chi connectivity index (χ2v) is 6.32. The molecule has 0 aliphatic carbocycles. The van der Waals surface area contributed by atoms with E-state index < -0.39 is 0 Å². The van der Waals surface area contributed by atoms with Crippen LogP contribution in [0.1, 0.15) is 51.4 Å². The molecule has 0 saturated heterocycles. The van der Waals surface area contributed by atoms with Crippen LogP contribution in [-0.2, 0) is 0 Å². The van der Waals surface area contributed by atoms with Crippen LogP contribution in [0.2, 0.25) is 0 Å². The predicted octanol–water partition coefficient (Wildman–Crippen LogP) is 1.21. The van der Waals surface area contributed by atoms with E-state index in [1.54, 1.807) is 0 Å².